The largest absolute Gasteiger partial charge is 0.340 e. The summed E-state index contributed by atoms with van der Waals surface area (Å²) in [5.41, 5.74) is 2.42. The van der Waals surface area contributed by atoms with E-state index < -0.39 is 22.1 Å². The summed E-state index contributed by atoms with van der Waals surface area (Å²) in [4.78, 5) is 21.5. The molecule has 1 N–H and O–H groups in total. The summed E-state index contributed by atoms with van der Waals surface area (Å²) in [7, 11) is -3.81. The van der Waals surface area contributed by atoms with E-state index in [1.807, 2.05) is 49.4 Å². The van der Waals surface area contributed by atoms with E-state index in [9.17, 15) is 18.5 Å². The molecule has 4 rings (SSSR count). The van der Waals surface area contributed by atoms with Crippen LogP contribution in [0.2, 0.25) is 0 Å². The van der Waals surface area contributed by atoms with Crippen LogP contribution in [0.4, 0.5) is 0 Å². The minimum Gasteiger partial charge on any atom is -0.340 e. The van der Waals surface area contributed by atoms with Gasteiger partial charge in [0.15, 0.2) is 0 Å². The Bertz CT molecular complexity index is 1320. The number of piperazine rings is 1. The van der Waals surface area contributed by atoms with Crippen molar-refractivity contribution in [3.8, 4) is 6.07 Å². The zero-order chi connectivity index (χ0) is 25.5. The second kappa shape index (κ2) is 11.4. The fourth-order valence-electron chi connectivity index (χ4n) is 4.43. The van der Waals surface area contributed by atoms with Gasteiger partial charge in [0.2, 0.25) is 15.9 Å². The van der Waals surface area contributed by atoms with Gasteiger partial charge in [-0.25, -0.2) is 13.1 Å². The van der Waals surface area contributed by atoms with E-state index in [1.54, 1.807) is 29.3 Å². The molecule has 1 aliphatic rings. The lowest BCUT2D eigenvalue weighted by Gasteiger charge is -2.37. The summed E-state index contributed by atoms with van der Waals surface area (Å²) >= 11 is 0. The van der Waals surface area contributed by atoms with Gasteiger partial charge in [-0.1, -0.05) is 54.6 Å². The molecule has 0 spiro atoms. The molecule has 1 aliphatic heterocycles. The van der Waals surface area contributed by atoms with Crippen LogP contribution in [0.25, 0.3) is 0 Å². The first-order valence-corrected chi connectivity index (χ1v) is 13.3. The van der Waals surface area contributed by atoms with Crippen molar-refractivity contribution in [1.82, 2.24) is 19.5 Å². The number of hydrogen-bond acceptors (Lipinski definition) is 6. The van der Waals surface area contributed by atoms with Crippen molar-refractivity contribution in [2.45, 2.75) is 30.3 Å². The first-order chi connectivity index (χ1) is 17.4. The van der Waals surface area contributed by atoms with Crippen molar-refractivity contribution < 1.29 is 13.2 Å². The SMILES string of the molecule is Cc1ncccc1C(C#N)N1CCN(C(=O)CC(NS(=O)(=O)c2ccccc2)c2ccccc2)CC1. The number of benzene rings is 2. The summed E-state index contributed by atoms with van der Waals surface area (Å²) < 4.78 is 28.7. The Morgan fingerprint density at radius 2 is 1.64 bits per heavy atom. The van der Waals surface area contributed by atoms with E-state index >= 15 is 0 Å². The number of nitrogens with one attached hydrogen (secondary N) is 1. The topological polar surface area (TPSA) is 106 Å². The van der Waals surface area contributed by atoms with Gasteiger partial charge in [-0.3, -0.25) is 14.7 Å². The first kappa shape index (κ1) is 25.5. The number of amides is 1. The van der Waals surface area contributed by atoms with Gasteiger partial charge in [0.1, 0.15) is 6.04 Å². The Balaban J connectivity index is 1.45. The van der Waals surface area contributed by atoms with E-state index in [-0.39, 0.29) is 17.2 Å². The maximum absolute atomic E-state index is 13.3. The molecule has 0 saturated carbocycles. The molecule has 1 amide bonds. The third-order valence-electron chi connectivity index (χ3n) is 6.43. The van der Waals surface area contributed by atoms with Crippen molar-refractivity contribution in [2.24, 2.45) is 0 Å². The Kier molecular flexibility index (Phi) is 8.10. The Labute approximate surface area is 212 Å². The van der Waals surface area contributed by atoms with Crippen LogP contribution >= 0.6 is 0 Å². The van der Waals surface area contributed by atoms with Crippen molar-refractivity contribution in [3.63, 3.8) is 0 Å². The highest BCUT2D eigenvalue weighted by molar-refractivity contribution is 7.89. The molecule has 36 heavy (non-hydrogen) atoms. The molecule has 1 saturated heterocycles. The number of sulfonamides is 1. The lowest BCUT2D eigenvalue weighted by Crippen LogP contribution is -2.50. The average molecular weight is 504 g/mol. The third-order valence-corrected chi connectivity index (χ3v) is 7.92. The molecule has 2 heterocycles. The minimum atomic E-state index is -3.81. The molecule has 186 valence electrons. The van der Waals surface area contributed by atoms with Crippen molar-refractivity contribution >= 4 is 15.9 Å². The standard InChI is InChI=1S/C27H29N5O3S/c1-21-24(13-8-14-29-21)26(20-28)31-15-17-32(18-16-31)27(33)19-25(22-9-4-2-5-10-22)30-36(34,35)23-11-6-3-7-12-23/h2-14,25-26,30H,15-19H2,1H3. The van der Waals surface area contributed by atoms with E-state index in [4.69, 9.17) is 0 Å². The fraction of sp³-hybridized carbons (Fsp3) is 0.296. The summed E-state index contributed by atoms with van der Waals surface area (Å²) in [6.07, 6.45) is 1.71. The Morgan fingerprint density at radius 3 is 2.25 bits per heavy atom. The zero-order valence-electron chi connectivity index (χ0n) is 20.1. The number of hydrogen-bond donors (Lipinski definition) is 1. The highest BCUT2D eigenvalue weighted by Crippen LogP contribution is 2.25. The van der Waals surface area contributed by atoms with E-state index in [0.717, 1.165) is 16.8 Å². The number of nitriles is 1. The predicted molar refractivity (Wildman–Crippen MR) is 136 cm³/mol. The molecule has 2 atom stereocenters. The molecule has 0 aliphatic carbocycles. The molecule has 2 aromatic carbocycles. The van der Waals surface area contributed by atoms with Crippen molar-refractivity contribution in [3.05, 3.63) is 95.8 Å². The third kappa shape index (κ3) is 5.97. The predicted octanol–water partition coefficient (Wildman–Crippen LogP) is 3.21. The number of aryl methyl sites for hydroxylation is 1. The number of nitrogens with zero attached hydrogens (tertiary/aromatic N) is 4. The van der Waals surface area contributed by atoms with Crippen LogP contribution in [0, 0.1) is 18.3 Å². The second-order valence-corrected chi connectivity index (χ2v) is 10.4. The highest BCUT2D eigenvalue weighted by atomic mass is 32.2. The number of aromatic nitrogens is 1. The van der Waals surface area contributed by atoms with Gasteiger partial charge in [-0.05, 0) is 30.7 Å². The number of rotatable bonds is 8. The molecular weight excluding hydrogens is 474 g/mol. The number of carbonyl (C=O) groups is 1. The molecule has 3 aromatic rings. The van der Waals surface area contributed by atoms with Crippen LogP contribution in [-0.2, 0) is 14.8 Å². The molecule has 0 bridgehead atoms. The highest BCUT2D eigenvalue weighted by Gasteiger charge is 2.30. The smallest absolute Gasteiger partial charge is 0.241 e. The maximum Gasteiger partial charge on any atom is 0.241 e. The molecular formula is C27H29N5O3S. The van der Waals surface area contributed by atoms with Gasteiger partial charge < -0.3 is 4.90 Å². The van der Waals surface area contributed by atoms with Gasteiger partial charge in [-0.2, -0.15) is 5.26 Å². The van der Waals surface area contributed by atoms with Gasteiger partial charge in [0.05, 0.1) is 17.0 Å². The van der Waals surface area contributed by atoms with E-state index in [2.05, 4.69) is 20.7 Å². The van der Waals surface area contributed by atoms with Gasteiger partial charge in [0, 0.05) is 50.1 Å². The van der Waals surface area contributed by atoms with E-state index in [0.29, 0.717) is 26.2 Å². The lowest BCUT2D eigenvalue weighted by atomic mass is 10.0. The minimum absolute atomic E-state index is 0.000527. The van der Waals surface area contributed by atoms with Crippen LogP contribution in [0.5, 0.6) is 0 Å². The molecule has 2 unspecified atom stereocenters. The maximum atomic E-state index is 13.3. The van der Waals surface area contributed by atoms with E-state index in [1.165, 1.54) is 12.1 Å². The van der Waals surface area contributed by atoms with Crippen molar-refractivity contribution in [2.75, 3.05) is 26.2 Å². The average Bonchev–Trinajstić information content (AvgIpc) is 2.91. The van der Waals surface area contributed by atoms with Crippen LogP contribution in [-0.4, -0.2) is 55.3 Å². The Morgan fingerprint density at radius 1 is 1.00 bits per heavy atom. The van der Waals surface area contributed by atoms with Crippen LogP contribution < -0.4 is 4.72 Å². The van der Waals surface area contributed by atoms with Crippen molar-refractivity contribution in [1.29, 1.82) is 5.26 Å². The first-order valence-electron chi connectivity index (χ1n) is 11.8. The molecule has 1 aromatic heterocycles. The zero-order valence-corrected chi connectivity index (χ0v) is 20.9. The summed E-state index contributed by atoms with van der Waals surface area (Å²) in [6, 6.07) is 22.3. The summed E-state index contributed by atoms with van der Waals surface area (Å²) in [5, 5.41) is 9.81. The molecule has 9 heteroatoms. The summed E-state index contributed by atoms with van der Waals surface area (Å²) in [6.45, 7) is 3.90. The van der Waals surface area contributed by atoms with Crippen LogP contribution in [0.15, 0.2) is 83.9 Å². The Hall–Kier alpha value is -3.58. The molecule has 1 fully saturated rings. The second-order valence-electron chi connectivity index (χ2n) is 8.73. The quantitative estimate of drug-likeness (QED) is 0.506. The number of pyridine rings is 1. The normalized spacial score (nSPS) is 16.2. The fourth-order valence-corrected chi connectivity index (χ4v) is 5.68. The van der Waals surface area contributed by atoms with Gasteiger partial charge >= 0.3 is 0 Å². The van der Waals surface area contributed by atoms with Gasteiger partial charge in [-0.15, -0.1) is 0 Å². The lowest BCUT2D eigenvalue weighted by molar-refractivity contribution is -0.133. The monoisotopic (exact) mass is 503 g/mol. The summed E-state index contributed by atoms with van der Waals surface area (Å²) in [5.74, 6) is -0.134. The molecule has 8 nitrogen and oxygen atoms in total. The van der Waals surface area contributed by atoms with Crippen LogP contribution in [0.3, 0.4) is 0 Å². The van der Waals surface area contributed by atoms with Crippen LogP contribution in [0.1, 0.15) is 35.3 Å². The molecule has 0 radical (unpaired) electrons. The number of carbonyl (C=O) groups excluding carboxylic acids is 1. The van der Waals surface area contributed by atoms with Gasteiger partial charge in [0.25, 0.3) is 0 Å².